The molecule has 2 rings (SSSR count). The van der Waals surface area contributed by atoms with E-state index in [1.165, 1.54) is 0 Å². The molecule has 0 atom stereocenters. The molecule has 5 heteroatoms. The second-order valence-corrected chi connectivity index (χ2v) is 6.97. The highest BCUT2D eigenvalue weighted by Gasteiger charge is 2.31. The highest BCUT2D eigenvalue weighted by molar-refractivity contribution is 14.1. The van der Waals surface area contributed by atoms with Crippen molar-refractivity contribution in [3.05, 3.63) is 32.9 Å². The monoisotopic (exact) mass is 397 g/mol. The lowest BCUT2D eigenvalue weighted by molar-refractivity contribution is 0.0520. The van der Waals surface area contributed by atoms with E-state index in [0.717, 1.165) is 27.8 Å². The standard InChI is InChI=1S/C16H20IN3O/c1-12-5-4-6-13(14(12)17)15(21)19-7-9-20(10-8-19)16(2,3)11-18/h4-6H,7-10H2,1-3H3. The van der Waals surface area contributed by atoms with Crippen LogP contribution in [0, 0.1) is 21.8 Å². The number of nitriles is 1. The van der Waals surface area contributed by atoms with Gasteiger partial charge in [0.2, 0.25) is 0 Å². The van der Waals surface area contributed by atoms with Crippen LogP contribution in [0.2, 0.25) is 0 Å². The number of hydrogen-bond acceptors (Lipinski definition) is 3. The Balaban J connectivity index is 2.08. The summed E-state index contributed by atoms with van der Waals surface area (Å²) in [4.78, 5) is 16.7. The maximum Gasteiger partial charge on any atom is 0.255 e. The summed E-state index contributed by atoms with van der Waals surface area (Å²) in [6.45, 7) is 8.71. The number of halogens is 1. The molecule has 0 saturated carbocycles. The number of carbonyl (C=O) groups excluding carboxylic acids is 1. The van der Waals surface area contributed by atoms with Gasteiger partial charge in [0.15, 0.2) is 0 Å². The first-order chi connectivity index (χ1) is 9.86. The smallest absolute Gasteiger partial charge is 0.255 e. The van der Waals surface area contributed by atoms with Gasteiger partial charge in [-0.3, -0.25) is 9.69 Å². The molecule has 1 saturated heterocycles. The van der Waals surface area contributed by atoms with Gasteiger partial charge < -0.3 is 4.90 Å². The van der Waals surface area contributed by atoms with Crippen LogP contribution in [0.5, 0.6) is 0 Å². The Bertz CT molecular complexity index is 584. The fourth-order valence-electron chi connectivity index (χ4n) is 2.52. The zero-order valence-electron chi connectivity index (χ0n) is 12.7. The van der Waals surface area contributed by atoms with Crippen LogP contribution in [0.3, 0.4) is 0 Å². The quantitative estimate of drug-likeness (QED) is 0.721. The Hall–Kier alpha value is -1.13. The van der Waals surface area contributed by atoms with Crippen molar-refractivity contribution in [1.82, 2.24) is 9.80 Å². The van der Waals surface area contributed by atoms with E-state index in [1.807, 2.05) is 43.9 Å². The molecule has 0 aliphatic carbocycles. The largest absolute Gasteiger partial charge is 0.336 e. The zero-order chi connectivity index (χ0) is 15.6. The third kappa shape index (κ3) is 3.38. The summed E-state index contributed by atoms with van der Waals surface area (Å²) in [7, 11) is 0. The van der Waals surface area contributed by atoms with E-state index >= 15 is 0 Å². The summed E-state index contributed by atoms with van der Waals surface area (Å²) >= 11 is 2.24. The molecule has 0 unspecified atom stereocenters. The highest BCUT2D eigenvalue weighted by atomic mass is 127. The predicted molar refractivity (Wildman–Crippen MR) is 91.1 cm³/mol. The van der Waals surface area contributed by atoms with Crippen LogP contribution in [0.4, 0.5) is 0 Å². The van der Waals surface area contributed by atoms with E-state index in [4.69, 9.17) is 0 Å². The van der Waals surface area contributed by atoms with Gasteiger partial charge in [0.05, 0.1) is 11.6 Å². The van der Waals surface area contributed by atoms with Gasteiger partial charge in [-0.2, -0.15) is 5.26 Å². The number of benzene rings is 1. The third-order valence-electron chi connectivity index (χ3n) is 4.05. The van der Waals surface area contributed by atoms with Crippen molar-refractivity contribution >= 4 is 28.5 Å². The van der Waals surface area contributed by atoms with E-state index in [9.17, 15) is 10.1 Å². The van der Waals surface area contributed by atoms with Crippen LogP contribution in [0.25, 0.3) is 0 Å². The normalized spacial score (nSPS) is 16.6. The first kappa shape index (κ1) is 16.2. The van der Waals surface area contributed by atoms with Crippen LogP contribution in [-0.4, -0.2) is 47.4 Å². The second-order valence-electron chi connectivity index (χ2n) is 5.89. The fourth-order valence-corrected chi connectivity index (χ4v) is 3.11. The zero-order valence-corrected chi connectivity index (χ0v) is 14.8. The maximum absolute atomic E-state index is 12.6. The van der Waals surface area contributed by atoms with E-state index in [0.29, 0.717) is 13.1 Å². The summed E-state index contributed by atoms with van der Waals surface area (Å²) in [5.74, 6) is 0.0949. The van der Waals surface area contributed by atoms with Gasteiger partial charge in [-0.25, -0.2) is 0 Å². The van der Waals surface area contributed by atoms with Crippen LogP contribution in [0.15, 0.2) is 18.2 Å². The molecule has 1 aliphatic heterocycles. The van der Waals surface area contributed by atoms with Crippen molar-refractivity contribution in [3.8, 4) is 6.07 Å². The van der Waals surface area contributed by atoms with Gasteiger partial charge >= 0.3 is 0 Å². The molecule has 1 amide bonds. The molecule has 0 bridgehead atoms. The molecule has 0 N–H and O–H groups in total. The summed E-state index contributed by atoms with van der Waals surface area (Å²) in [6.07, 6.45) is 0. The number of rotatable bonds is 2. The van der Waals surface area contributed by atoms with Crippen molar-refractivity contribution in [2.75, 3.05) is 26.2 Å². The molecule has 112 valence electrons. The lowest BCUT2D eigenvalue weighted by Crippen LogP contribution is -2.55. The topological polar surface area (TPSA) is 47.3 Å². The van der Waals surface area contributed by atoms with E-state index < -0.39 is 5.54 Å². The van der Waals surface area contributed by atoms with E-state index in [1.54, 1.807) is 0 Å². The van der Waals surface area contributed by atoms with Crippen molar-refractivity contribution < 1.29 is 4.79 Å². The maximum atomic E-state index is 12.6. The number of nitrogens with zero attached hydrogens (tertiary/aromatic N) is 3. The molecular weight excluding hydrogens is 377 g/mol. The summed E-state index contributed by atoms with van der Waals surface area (Å²) < 4.78 is 1.03. The third-order valence-corrected chi connectivity index (χ3v) is 5.49. The van der Waals surface area contributed by atoms with Crippen molar-refractivity contribution in [2.24, 2.45) is 0 Å². The summed E-state index contributed by atoms with van der Waals surface area (Å²) in [6, 6.07) is 8.17. The Morgan fingerprint density at radius 1 is 1.29 bits per heavy atom. The van der Waals surface area contributed by atoms with Gasteiger partial charge in [-0.15, -0.1) is 0 Å². The van der Waals surface area contributed by atoms with Gasteiger partial charge in [-0.1, -0.05) is 12.1 Å². The Labute approximate surface area is 139 Å². The SMILES string of the molecule is Cc1cccc(C(=O)N2CCN(C(C)(C)C#N)CC2)c1I. The Morgan fingerprint density at radius 2 is 1.90 bits per heavy atom. The summed E-state index contributed by atoms with van der Waals surface area (Å²) in [5.41, 5.74) is 1.45. The molecule has 0 aromatic heterocycles. The number of hydrogen-bond donors (Lipinski definition) is 0. The Morgan fingerprint density at radius 3 is 2.48 bits per heavy atom. The fraction of sp³-hybridized carbons (Fsp3) is 0.500. The molecule has 1 heterocycles. The number of aryl methyl sites for hydroxylation is 1. The van der Waals surface area contributed by atoms with Crippen molar-refractivity contribution in [3.63, 3.8) is 0 Å². The minimum absolute atomic E-state index is 0.0949. The average Bonchev–Trinajstić information content (AvgIpc) is 2.49. The first-order valence-corrected chi connectivity index (χ1v) is 8.15. The Kier molecular flexibility index (Phi) is 4.89. The van der Waals surface area contributed by atoms with Crippen molar-refractivity contribution in [2.45, 2.75) is 26.3 Å². The van der Waals surface area contributed by atoms with E-state index in [2.05, 4.69) is 33.6 Å². The van der Waals surface area contributed by atoms with Gasteiger partial charge in [-0.05, 0) is 55.0 Å². The lowest BCUT2D eigenvalue weighted by Gasteiger charge is -2.40. The molecule has 1 aromatic carbocycles. The average molecular weight is 397 g/mol. The van der Waals surface area contributed by atoms with Crippen LogP contribution >= 0.6 is 22.6 Å². The van der Waals surface area contributed by atoms with Crippen LogP contribution in [-0.2, 0) is 0 Å². The summed E-state index contributed by atoms with van der Waals surface area (Å²) in [5, 5.41) is 9.19. The van der Waals surface area contributed by atoms with Gasteiger partial charge in [0, 0.05) is 29.7 Å². The number of piperazine rings is 1. The molecule has 4 nitrogen and oxygen atoms in total. The molecular formula is C16H20IN3O. The molecule has 0 radical (unpaired) electrons. The first-order valence-electron chi connectivity index (χ1n) is 7.07. The molecule has 1 aromatic rings. The highest BCUT2D eigenvalue weighted by Crippen LogP contribution is 2.21. The minimum atomic E-state index is -0.465. The lowest BCUT2D eigenvalue weighted by atomic mass is 10.0. The number of carbonyl (C=O) groups is 1. The van der Waals surface area contributed by atoms with Crippen molar-refractivity contribution in [1.29, 1.82) is 5.26 Å². The minimum Gasteiger partial charge on any atom is -0.336 e. The van der Waals surface area contributed by atoms with Gasteiger partial charge in [0.1, 0.15) is 5.54 Å². The van der Waals surface area contributed by atoms with Crippen LogP contribution in [0.1, 0.15) is 29.8 Å². The van der Waals surface area contributed by atoms with Gasteiger partial charge in [0.25, 0.3) is 5.91 Å². The van der Waals surface area contributed by atoms with E-state index in [-0.39, 0.29) is 5.91 Å². The predicted octanol–water partition coefficient (Wildman–Crippen LogP) is 2.66. The van der Waals surface area contributed by atoms with Crippen LogP contribution < -0.4 is 0 Å². The molecule has 21 heavy (non-hydrogen) atoms. The molecule has 1 fully saturated rings. The molecule has 0 spiro atoms. The number of amides is 1. The second kappa shape index (κ2) is 6.32. The molecule has 1 aliphatic rings.